The fourth-order valence-corrected chi connectivity index (χ4v) is 3.92. The average molecular weight is 508 g/mol. The van der Waals surface area contributed by atoms with Crippen LogP contribution in [0.3, 0.4) is 0 Å². The van der Waals surface area contributed by atoms with Crippen molar-refractivity contribution in [1.29, 1.82) is 0 Å². The number of hydrogen-bond acceptors (Lipinski definition) is 4. The standard InChI is InChI=1S/C19H16Cl3F3N6O/c20-12-4-1-10(7-13(12)21)8-30-9-26-18(29-30)27-14(32)5-6-31-16(11-2-3-11)15(22)17(28-31)19(23,24)25/h1,4,7,9,11H,2-3,5-6,8H2,(H,27,29,32). The summed E-state index contributed by atoms with van der Waals surface area (Å²) < 4.78 is 42.1. The van der Waals surface area contributed by atoms with E-state index in [9.17, 15) is 18.0 Å². The molecule has 2 aromatic heterocycles. The van der Waals surface area contributed by atoms with Gasteiger partial charge in [-0.05, 0) is 30.5 Å². The highest BCUT2D eigenvalue weighted by atomic mass is 35.5. The van der Waals surface area contributed by atoms with Gasteiger partial charge in [-0.15, -0.1) is 5.10 Å². The van der Waals surface area contributed by atoms with E-state index in [-0.39, 0.29) is 29.9 Å². The summed E-state index contributed by atoms with van der Waals surface area (Å²) in [5.74, 6) is -0.445. The zero-order valence-electron chi connectivity index (χ0n) is 16.3. The highest BCUT2D eigenvalue weighted by molar-refractivity contribution is 6.42. The van der Waals surface area contributed by atoms with E-state index in [0.717, 1.165) is 18.4 Å². The Morgan fingerprint density at radius 1 is 1.16 bits per heavy atom. The van der Waals surface area contributed by atoms with Crippen molar-refractivity contribution in [3.8, 4) is 0 Å². The molecule has 170 valence electrons. The lowest BCUT2D eigenvalue weighted by molar-refractivity contribution is -0.141. The summed E-state index contributed by atoms with van der Waals surface area (Å²) in [5, 5.41) is 10.8. The van der Waals surface area contributed by atoms with Crippen LogP contribution in [0.25, 0.3) is 0 Å². The Bertz CT molecular complexity index is 1160. The van der Waals surface area contributed by atoms with Gasteiger partial charge in [0.15, 0.2) is 5.69 Å². The van der Waals surface area contributed by atoms with E-state index in [0.29, 0.717) is 22.3 Å². The number of nitrogens with one attached hydrogen (secondary N) is 1. The maximum atomic E-state index is 13.1. The first kappa shape index (κ1) is 22.9. The van der Waals surface area contributed by atoms with E-state index in [1.807, 2.05) is 0 Å². The van der Waals surface area contributed by atoms with Gasteiger partial charge in [0.05, 0.1) is 33.9 Å². The van der Waals surface area contributed by atoms with Crippen molar-refractivity contribution in [3.63, 3.8) is 0 Å². The van der Waals surface area contributed by atoms with Gasteiger partial charge in [0, 0.05) is 12.3 Å². The van der Waals surface area contributed by atoms with Crippen molar-refractivity contribution in [2.75, 3.05) is 5.32 Å². The third-order valence-corrected chi connectivity index (χ3v) is 5.94. The number of carbonyl (C=O) groups excluding carboxylic acids is 1. The zero-order valence-corrected chi connectivity index (χ0v) is 18.6. The summed E-state index contributed by atoms with van der Waals surface area (Å²) >= 11 is 17.8. The van der Waals surface area contributed by atoms with Crippen LogP contribution in [-0.2, 0) is 24.1 Å². The number of aromatic nitrogens is 5. The van der Waals surface area contributed by atoms with Gasteiger partial charge < -0.3 is 0 Å². The number of hydrogen-bond donors (Lipinski definition) is 1. The molecule has 7 nitrogen and oxygen atoms in total. The van der Waals surface area contributed by atoms with E-state index in [1.54, 1.807) is 18.2 Å². The van der Waals surface area contributed by atoms with Crippen molar-refractivity contribution in [3.05, 3.63) is 56.5 Å². The predicted molar refractivity (Wildman–Crippen MR) is 113 cm³/mol. The second kappa shape index (κ2) is 8.92. The second-order valence-corrected chi connectivity index (χ2v) is 8.55. The molecule has 1 N–H and O–H groups in total. The van der Waals surface area contributed by atoms with E-state index >= 15 is 0 Å². The number of nitrogens with zero attached hydrogens (tertiary/aromatic N) is 5. The third kappa shape index (κ3) is 5.19. The monoisotopic (exact) mass is 506 g/mol. The molecule has 1 saturated carbocycles. The number of anilines is 1. The largest absolute Gasteiger partial charge is 0.436 e. The summed E-state index contributed by atoms with van der Waals surface area (Å²) in [5.41, 5.74) is 0.0471. The smallest absolute Gasteiger partial charge is 0.293 e. The summed E-state index contributed by atoms with van der Waals surface area (Å²) in [6, 6.07) is 5.15. The zero-order chi connectivity index (χ0) is 23.0. The fraction of sp³-hybridized carbons (Fsp3) is 0.368. The summed E-state index contributed by atoms with van der Waals surface area (Å²) in [4.78, 5) is 16.3. The maximum absolute atomic E-state index is 13.1. The van der Waals surface area contributed by atoms with Crippen LogP contribution < -0.4 is 5.32 Å². The first-order valence-electron chi connectivity index (χ1n) is 9.58. The Kier molecular flexibility index (Phi) is 6.37. The lowest BCUT2D eigenvalue weighted by Gasteiger charge is -2.06. The lowest BCUT2D eigenvalue weighted by atomic mass is 10.2. The maximum Gasteiger partial charge on any atom is 0.436 e. The molecule has 1 amide bonds. The molecule has 4 rings (SSSR count). The molecule has 1 fully saturated rings. The number of carbonyl (C=O) groups is 1. The Hall–Kier alpha value is -2.30. The van der Waals surface area contributed by atoms with Crippen LogP contribution in [0.4, 0.5) is 19.1 Å². The molecule has 0 aliphatic heterocycles. The Morgan fingerprint density at radius 2 is 1.91 bits per heavy atom. The third-order valence-electron chi connectivity index (χ3n) is 4.83. The van der Waals surface area contributed by atoms with Gasteiger partial charge in [-0.1, -0.05) is 40.9 Å². The Labute approximate surface area is 195 Å². The van der Waals surface area contributed by atoms with Gasteiger partial charge in [0.25, 0.3) is 0 Å². The predicted octanol–water partition coefficient (Wildman–Crippen LogP) is 5.41. The van der Waals surface area contributed by atoms with Crippen molar-refractivity contribution in [2.45, 2.75) is 44.4 Å². The number of benzene rings is 1. The summed E-state index contributed by atoms with van der Waals surface area (Å²) in [7, 11) is 0. The Balaban J connectivity index is 1.37. The average Bonchev–Trinajstić information content (AvgIpc) is 3.35. The van der Waals surface area contributed by atoms with Crippen LogP contribution in [0.1, 0.15) is 42.1 Å². The molecule has 1 aliphatic rings. The van der Waals surface area contributed by atoms with Crippen LogP contribution in [0.5, 0.6) is 0 Å². The van der Waals surface area contributed by atoms with Crippen molar-refractivity contribution in [1.82, 2.24) is 24.5 Å². The minimum Gasteiger partial charge on any atom is -0.293 e. The van der Waals surface area contributed by atoms with Crippen LogP contribution in [-0.4, -0.2) is 30.5 Å². The number of rotatable bonds is 7. The molecule has 0 saturated heterocycles. The SMILES string of the molecule is O=C(CCn1nc(C(F)(F)F)c(Cl)c1C1CC1)Nc1ncn(Cc2ccc(Cl)c(Cl)c2)n1. The van der Waals surface area contributed by atoms with Gasteiger partial charge >= 0.3 is 6.18 Å². The number of halogens is 6. The molecule has 0 unspecified atom stereocenters. The molecule has 2 heterocycles. The van der Waals surface area contributed by atoms with E-state index < -0.39 is 17.8 Å². The molecular weight excluding hydrogens is 492 g/mol. The van der Waals surface area contributed by atoms with Gasteiger partial charge in [0.2, 0.25) is 11.9 Å². The highest BCUT2D eigenvalue weighted by Crippen LogP contribution is 2.46. The van der Waals surface area contributed by atoms with Crippen molar-refractivity contribution in [2.24, 2.45) is 0 Å². The minimum absolute atomic E-state index is 0.0442. The second-order valence-electron chi connectivity index (χ2n) is 7.36. The fourth-order valence-electron chi connectivity index (χ4n) is 3.20. The summed E-state index contributed by atoms with van der Waals surface area (Å²) in [6.07, 6.45) is -1.84. The van der Waals surface area contributed by atoms with Gasteiger partial charge in [-0.25, -0.2) is 9.67 Å². The quantitative estimate of drug-likeness (QED) is 0.464. The molecule has 3 aromatic rings. The first-order valence-corrected chi connectivity index (χ1v) is 10.7. The van der Waals surface area contributed by atoms with Crippen LogP contribution >= 0.6 is 34.8 Å². The van der Waals surface area contributed by atoms with Gasteiger partial charge in [-0.2, -0.15) is 18.3 Å². The molecule has 13 heteroatoms. The van der Waals surface area contributed by atoms with Crippen molar-refractivity contribution < 1.29 is 18.0 Å². The number of alkyl halides is 3. The first-order chi connectivity index (χ1) is 15.1. The lowest BCUT2D eigenvalue weighted by Crippen LogP contribution is -2.17. The molecule has 0 spiro atoms. The molecule has 0 bridgehead atoms. The Morgan fingerprint density at radius 3 is 2.56 bits per heavy atom. The van der Waals surface area contributed by atoms with Crippen LogP contribution in [0.15, 0.2) is 24.5 Å². The van der Waals surface area contributed by atoms with Gasteiger partial charge in [0.1, 0.15) is 6.33 Å². The van der Waals surface area contributed by atoms with Crippen LogP contribution in [0, 0.1) is 0 Å². The highest BCUT2D eigenvalue weighted by Gasteiger charge is 2.42. The summed E-state index contributed by atoms with van der Waals surface area (Å²) in [6.45, 7) is 0.313. The number of amides is 1. The van der Waals surface area contributed by atoms with E-state index in [2.05, 4.69) is 20.5 Å². The van der Waals surface area contributed by atoms with E-state index in [1.165, 1.54) is 15.7 Å². The molecular formula is C19H16Cl3F3N6O. The minimum atomic E-state index is -4.65. The van der Waals surface area contributed by atoms with Crippen molar-refractivity contribution >= 4 is 46.7 Å². The normalized spacial score (nSPS) is 14.1. The molecule has 32 heavy (non-hydrogen) atoms. The molecule has 0 atom stereocenters. The molecule has 0 radical (unpaired) electrons. The molecule has 1 aliphatic carbocycles. The molecule has 1 aromatic carbocycles. The van der Waals surface area contributed by atoms with Crippen LogP contribution in [0.2, 0.25) is 15.1 Å². The topological polar surface area (TPSA) is 77.6 Å². The van der Waals surface area contributed by atoms with E-state index in [4.69, 9.17) is 34.8 Å². The van der Waals surface area contributed by atoms with Gasteiger partial charge in [-0.3, -0.25) is 14.8 Å². The number of aryl methyl sites for hydroxylation is 1.